The number of methoxy groups -OCH3 is 2. The minimum Gasteiger partial charge on any atom is -0.497 e. The van der Waals surface area contributed by atoms with E-state index in [0.717, 1.165) is 23.5 Å². The van der Waals surface area contributed by atoms with Crippen LogP contribution >= 0.6 is 0 Å². The summed E-state index contributed by atoms with van der Waals surface area (Å²) in [5.74, 6) is 2.26. The lowest BCUT2D eigenvalue weighted by Gasteiger charge is -2.19. The molecule has 0 radical (unpaired) electrons. The maximum atomic E-state index is 12.7. The van der Waals surface area contributed by atoms with Crippen LogP contribution in [0.3, 0.4) is 0 Å². The Kier molecular flexibility index (Phi) is 4.74. The van der Waals surface area contributed by atoms with E-state index in [1.54, 1.807) is 19.1 Å². The molecular weight excluding hydrogens is 302 g/mol. The van der Waals surface area contributed by atoms with Crippen molar-refractivity contribution < 1.29 is 14.3 Å². The maximum absolute atomic E-state index is 12.7. The van der Waals surface area contributed by atoms with E-state index in [-0.39, 0.29) is 11.8 Å². The molecule has 0 bridgehead atoms. The summed E-state index contributed by atoms with van der Waals surface area (Å²) in [6, 6.07) is 15.8. The predicted octanol–water partition coefficient (Wildman–Crippen LogP) is 3.47. The van der Waals surface area contributed by atoms with E-state index in [0.29, 0.717) is 12.5 Å². The van der Waals surface area contributed by atoms with Gasteiger partial charge in [0.1, 0.15) is 11.5 Å². The van der Waals surface area contributed by atoms with Gasteiger partial charge < -0.3 is 14.4 Å². The van der Waals surface area contributed by atoms with Crippen LogP contribution in [-0.2, 0) is 11.3 Å². The van der Waals surface area contributed by atoms with E-state index in [2.05, 4.69) is 12.1 Å². The quantitative estimate of drug-likeness (QED) is 0.816. The van der Waals surface area contributed by atoms with Gasteiger partial charge >= 0.3 is 0 Å². The molecule has 0 spiro atoms. The fraction of sp³-hybridized carbons (Fsp3) is 0.350. The second-order valence-electron chi connectivity index (χ2n) is 6.23. The van der Waals surface area contributed by atoms with Crippen LogP contribution < -0.4 is 9.47 Å². The molecule has 1 aliphatic rings. The fourth-order valence-electron chi connectivity index (χ4n) is 3.14. The van der Waals surface area contributed by atoms with Crippen molar-refractivity contribution >= 4 is 5.91 Å². The van der Waals surface area contributed by atoms with Gasteiger partial charge in [0.2, 0.25) is 5.91 Å². The van der Waals surface area contributed by atoms with Gasteiger partial charge in [-0.3, -0.25) is 4.79 Å². The smallest absolute Gasteiger partial charge is 0.226 e. The van der Waals surface area contributed by atoms with Gasteiger partial charge in [-0.1, -0.05) is 30.3 Å². The van der Waals surface area contributed by atoms with Crippen LogP contribution in [0.25, 0.3) is 0 Å². The molecule has 2 aromatic carbocycles. The largest absolute Gasteiger partial charge is 0.497 e. The van der Waals surface area contributed by atoms with Gasteiger partial charge in [-0.05, 0) is 36.1 Å². The molecule has 2 atom stereocenters. The van der Waals surface area contributed by atoms with E-state index in [9.17, 15) is 4.79 Å². The number of amides is 1. The molecule has 3 rings (SSSR count). The number of carbonyl (C=O) groups is 1. The molecule has 0 aromatic heterocycles. The van der Waals surface area contributed by atoms with Crippen LogP contribution in [0.1, 0.15) is 23.5 Å². The lowest BCUT2D eigenvalue weighted by molar-refractivity contribution is -0.131. The number of carbonyl (C=O) groups excluding carboxylic acids is 1. The Labute approximate surface area is 143 Å². The Hall–Kier alpha value is -2.49. The van der Waals surface area contributed by atoms with Crippen LogP contribution in [0.5, 0.6) is 11.5 Å². The first-order chi connectivity index (χ1) is 11.6. The monoisotopic (exact) mass is 325 g/mol. The molecule has 1 aliphatic carbocycles. The zero-order chi connectivity index (χ0) is 17.1. The summed E-state index contributed by atoms with van der Waals surface area (Å²) in [5.41, 5.74) is 2.23. The van der Waals surface area contributed by atoms with Crippen LogP contribution in [0, 0.1) is 5.92 Å². The average molecular weight is 325 g/mol. The first-order valence-electron chi connectivity index (χ1n) is 8.15. The van der Waals surface area contributed by atoms with Crippen LogP contribution in [0.4, 0.5) is 0 Å². The third kappa shape index (κ3) is 3.37. The van der Waals surface area contributed by atoms with Gasteiger partial charge in [-0.25, -0.2) is 0 Å². The van der Waals surface area contributed by atoms with E-state index < -0.39 is 0 Å². The van der Waals surface area contributed by atoms with Gasteiger partial charge in [0.25, 0.3) is 0 Å². The first-order valence-corrected chi connectivity index (χ1v) is 8.15. The fourth-order valence-corrected chi connectivity index (χ4v) is 3.14. The lowest BCUT2D eigenvalue weighted by atomic mass is 10.1. The Morgan fingerprint density at radius 2 is 1.79 bits per heavy atom. The number of benzene rings is 2. The standard InChI is InChI=1S/C20H23NO3/c1-21(13-15-6-4-5-7-19(15)24-3)20(22)18-12-17(18)14-8-10-16(23-2)11-9-14/h4-11,17-18H,12-13H2,1-3H3/t17-,18+/m0/s1. The summed E-state index contributed by atoms with van der Waals surface area (Å²) in [6.45, 7) is 0.564. The number of para-hydroxylation sites is 1. The number of ether oxygens (including phenoxy) is 2. The number of nitrogens with zero attached hydrogens (tertiary/aromatic N) is 1. The highest BCUT2D eigenvalue weighted by atomic mass is 16.5. The zero-order valence-corrected chi connectivity index (χ0v) is 14.4. The molecule has 126 valence electrons. The molecule has 0 saturated heterocycles. The Bertz CT molecular complexity index is 711. The number of hydrogen-bond donors (Lipinski definition) is 0. The summed E-state index contributed by atoms with van der Waals surface area (Å²) >= 11 is 0. The molecule has 4 heteroatoms. The second kappa shape index (κ2) is 6.95. The Balaban J connectivity index is 1.62. The molecule has 2 aromatic rings. The van der Waals surface area contributed by atoms with E-state index in [1.807, 2.05) is 43.4 Å². The van der Waals surface area contributed by atoms with Crippen LogP contribution in [0.2, 0.25) is 0 Å². The van der Waals surface area contributed by atoms with Crippen molar-refractivity contribution in [3.63, 3.8) is 0 Å². The van der Waals surface area contributed by atoms with Crippen molar-refractivity contribution in [1.29, 1.82) is 0 Å². The minimum atomic E-state index is 0.0816. The third-order valence-corrected chi connectivity index (χ3v) is 4.63. The van der Waals surface area contributed by atoms with Gasteiger partial charge in [-0.15, -0.1) is 0 Å². The normalized spacial score (nSPS) is 18.8. The Morgan fingerprint density at radius 1 is 1.08 bits per heavy atom. The van der Waals surface area contributed by atoms with Gasteiger partial charge in [0.15, 0.2) is 0 Å². The summed E-state index contributed by atoms with van der Waals surface area (Å²) in [5, 5.41) is 0. The minimum absolute atomic E-state index is 0.0816. The molecule has 0 aliphatic heterocycles. The van der Waals surface area contributed by atoms with Crippen molar-refractivity contribution in [1.82, 2.24) is 4.90 Å². The van der Waals surface area contributed by atoms with Gasteiger partial charge in [-0.2, -0.15) is 0 Å². The van der Waals surface area contributed by atoms with Crippen molar-refractivity contribution in [2.24, 2.45) is 5.92 Å². The lowest BCUT2D eigenvalue weighted by Crippen LogP contribution is -2.28. The van der Waals surface area contributed by atoms with Gasteiger partial charge in [0, 0.05) is 25.1 Å². The van der Waals surface area contributed by atoms with Crippen LogP contribution in [0.15, 0.2) is 48.5 Å². The first kappa shape index (κ1) is 16.4. The molecular formula is C20H23NO3. The Morgan fingerprint density at radius 3 is 2.46 bits per heavy atom. The molecule has 0 unspecified atom stereocenters. The van der Waals surface area contributed by atoms with Crippen LogP contribution in [-0.4, -0.2) is 32.1 Å². The molecule has 24 heavy (non-hydrogen) atoms. The molecule has 0 N–H and O–H groups in total. The highest BCUT2D eigenvalue weighted by Crippen LogP contribution is 2.48. The van der Waals surface area contributed by atoms with Gasteiger partial charge in [0.05, 0.1) is 14.2 Å². The van der Waals surface area contributed by atoms with Crippen molar-refractivity contribution in [2.75, 3.05) is 21.3 Å². The van der Waals surface area contributed by atoms with Crippen molar-refractivity contribution in [3.8, 4) is 11.5 Å². The van der Waals surface area contributed by atoms with E-state index in [4.69, 9.17) is 9.47 Å². The average Bonchev–Trinajstić information content (AvgIpc) is 3.42. The summed E-state index contributed by atoms with van der Waals surface area (Å²) < 4.78 is 10.5. The highest BCUT2D eigenvalue weighted by Gasteiger charge is 2.45. The SMILES string of the molecule is COc1ccc([C@@H]2C[C@H]2C(=O)N(C)Cc2ccccc2OC)cc1. The summed E-state index contributed by atoms with van der Waals surface area (Å²) in [4.78, 5) is 14.5. The highest BCUT2D eigenvalue weighted by molar-refractivity contribution is 5.82. The number of hydrogen-bond acceptors (Lipinski definition) is 3. The second-order valence-corrected chi connectivity index (χ2v) is 6.23. The van der Waals surface area contributed by atoms with E-state index in [1.165, 1.54) is 5.56 Å². The van der Waals surface area contributed by atoms with E-state index >= 15 is 0 Å². The molecule has 1 fully saturated rings. The van der Waals surface area contributed by atoms with Crippen molar-refractivity contribution in [3.05, 3.63) is 59.7 Å². The maximum Gasteiger partial charge on any atom is 0.226 e. The predicted molar refractivity (Wildman–Crippen MR) is 93.3 cm³/mol. The summed E-state index contributed by atoms with van der Waals surface area (Å²) in [7, 11) is 5.17. The molecule has 4 nitrogen and oxygen atoms in total. The topological polar surface area (TPSA) is 38.8 Å². The zero-order valence-electron chi connectivity index (χ0n) is 14.4. The van der Waals surface area contributed by atoms with Crippen molar-refractivity contribution in [2.45, 2.75) is 18.9 Å². The molecule has 0 heterocycles. The molecule has 1 saturated carbocycles. The third-order valence-electron chi connectivity index (χ3n) is 4.63. The number of rotatable bonds is 6. The summed E-state index contributed by atoms with van der Waals surface area (Å²) in [6.07, 6.45) is 0.918. The molecule has 1 amide bonds.